The van der Waals surface area contributed by atoms with Gasteiger partial charge in [0.2, 0.25) is 0 Å². The smallest absolute Gasteiger partial charge is 0.274 e. The van der Waals surface area contributed by atoms with Crippen molar-refractivity contribution in [2.24, 2.45) is 0 Å². The van der Waals surface area contributed by atoms with Crippen LogP contribution < -0.4 is 15.4 Å². The van der Waals surface area contributed by atoms with Crippen molar-refractivity contribution in [3.05, 3.63) is 52.0 Å². The van der Waals surface area contributed by atoms with Crippen molar-refractivity contribution in [1.29, 1.82) is 0 Å². The zero-order valence-electron chi connectivity index (χ0n) is 16.3. The van der Waals surface area contributed by atoms with E-state index in [-0.39, 0.29) is 0 Å². The molecule has 1 aliphatic heterocycles. The highest BCUT2D eigenvalue weighted by atomic mass is 16.6. The lowest BCUT2D eigenvalue weighted by Gasteiger charge is -2.26. The van der Waals surface area contributed by atoms with Gasteiger partial charge in [-0.3, -0.25) is 15.0 Å². The van der Waals surface area contributed by atoms with E-state index in [0.717, 1.165) is 37.8 Å². The van der Waals surface area contributed by atoms with E-state index in [9.17, 15) is 10.1 Å². The number of nitrogens with one attached hydrogen (secondary N) is 2. The molecule has 0 atom stereocenters. The minimum Gasteiger partial charge on any atom is -0.494 e. The molecule has 150 valence electrons. The quantitative estimate of drug-likeness (QED) is 0.331. The van der Waals surface area contributed by atoms with Gasteiger partial charge in [-0.15, -0.1) is 0 Å². The molecule has 0 unspecified atom stereocenters. The first-order valence-electron chi connectivity index (χ1n) is 9.88. The van der Waals surface area contributed by atoms with Gasteiger partial charge in [-0.25, -0.2) is 0 Å². The minimum absolute atomic E-state index is 0.432. The summed E-state index contributed by atoms with van der Waals surface area (Å²) in [6.45, 7) is 4.80. The summed E-state index contributed by atoms with van der Waals surface area (Å²) in [5.74, 6) is 1.37. The number of unbranched alkanes of at least 4 members (excludes halogenated alkanes) is 2. The van der Waals surface area contributed by atoms with Gasteiger partial charge >= 0.3 is 0 Å². The zero-order chi connectivity index (χ0) is 19.3. The summed E-state index contributed by atoms with van der Waals surface area (Å²) in [5, 5.41) is 16.2. The third-order valence-electron chi connectivity index (χ3n) is 4.66. The van der Waals surface area contributed by atoms with E-state index in [1.165, 1.54) is 37.9 Å². The molecule has 7 nitrogen and oxygen atoms in total. The van der Waals surface area contributed by atoms with Gasteiger partial charge in [0, 0.05) is 20.1 Å². The largest absolute Gasteiger partial charge is 0.494 e. The molecule has 1 aromatic rings. The molecule has 0 saturated carbocycles. The van der Waals surface area contributed by atoms with Gasteiger partial charge in [-0.1, -0.05) is 18.6 Å². The van der Waals surface area contributed by atoms with Crippen LogP contribution in [0.3, 0.4) is 0 Å². The summed E-state index contributed by atoms with van der Waals surface area (Å²) in [5.41, 5.74) is 1.32. The predicted molar refractivity (Wildman–Crippen MR) is 107 cm³/mol. The van der Waals surface area contributed by atoms with Crippen LogP contribution in [0.4, 0.5) is 0 Å². The Bertz CT molecular complexity index is 601. The second kappa shape index (κ2) is 12.2. The van der Waals surface area contributed by atoms with E-state index in [0.29, 0.717) is 19.0 Å². The van der Waals surface area contributed by atoms with Crippen LogP contribution in [-0.4, -0.2) is 43.1 Å². The minimum atomic E-state index is -0.466. The summed E-state index contributed by atoms with van der Waals surface area (Å²) in [4.78, 5) is 12.5. The highest BCUT2D eigenvalue weighted by molar-refractivity contribution is 5.28. The molecule has 1 saturated heterocycles. The van der Waals surface area contributed by atoms with Crippen LogP contribution >= 0.6 is 0 Å². The Labute approximate surface area is 161 Å². The van der Waals surface area contributed by atoms with Gasteiger partial charge < -0.3 is 15.4 Å². The van der Waals surface area contributed by atoms with E-state index in [4.69, 9.17) is 4.74 Å². The number of hydrogen-bond acceptors (Lipinski definition) is 6. The van der Waals surface area contributed by atoms with Gasteiger partial charge in [-0.2, -0.15) is 0 Å². The first-order chi connectivity index (χ1) is 13.2. The zero-order valence-corrected chi connectivity index (χ0v) is 16.3. The molecule has 1 fully saturated rings. The van der Waals surface area contributed by atoms with Crippen molar-refractivity contribution >= 4 is 0 Å². The van der Waals surface area contributed by atoms with Gasteiger partial charge in [0.25, 0.3) is 6.20 Å². The summed E-state index contributed by atoms with van der Waals surface area (Å²) in [6, 6.07) is 8.41. The number of hydrogen-bond donors (Lipinski definition) is 2. The number of benzene rings is 1. The van der Waals surface area contributed by atoms with Crippen molar-refractivity contribution in [2.75, 3.05) is 33.3 Å². The van der Waals surface area contributed by atoms with Crippen LogP contribution in [0, 0.1) is 10.1 Å². The summed E-state index contributed by atoms with van der Waals surface area (Å²) >= 11 is 0. The van der Waals surface area contributed by atoms with Gasteiger partial charge in [-0.05, 0) is 62.9 Å². The molecular formula is C20H32N4O3. The SMILES string of the molecule is CNC(=C[N+](=O)[O-])NCCCCCOc1cccc(CN2CCCCC2)c1. The molecule has 0 amide bonds. The third kappa shape index (κ3) is 8.77. The average Bonchev–Trinajstić information content (AvgIpc) is 2.67. The maximum atomic E-state index is 10.4. The monoisotopic (exact) mass is 376 g/mol. The summed E-state index contributed by atoms with van der Waals surface area (Å²) < 4.78 is 5.89. The van der Waals surface area contributed by atoms with Gasteiger partial charge in [0.15, 0.2) is 5.82 Å². The molecule has 2 N–H and O–H groups in total. The Kier molecular flexibility index (Phi) is 9.48. The van der Waals surface area contributed by atoms with Crippen LogP contribution in [0.5, 0.6) is 5.75 Å². The number of nitrogens with zero attached hydrogens (tertiary/aromatic N) is 2. The van der Waals surface area contributed by atoms with E-state index >= 15 is 0 Å². The maximum absolute atomic E-state index is 10.4. The van der Waals surface area contributed by atoms with Crippen LogP contribution in [0.25, 0.3) is 0 Å². The highest BCUT2D eigenvalue weighted by Crippen LogP contribution is 2.18. The molecule has 0 aromatic heterocycles. The van der Waals surface area contributed by atoms with Crippen LogP contribution in [-0.2, 0) is 6.54 Å². The van der Waals surface area contributed by atoms with E-state index in [1.807, 2.05) is 6.07 Å². The molecule has 7 heteroatoms. The number of rotatable bonds is 12. The third-order valence-corrected chi connectivity index (χ3v) is 4.66. The number of nitro groups is 1. The molecule has 1 heterocycles. The lowest BCUT2D eigenvalue weighted by molar-refractivity contribution is -0.404. The summed E-state index contributed by atoms with van der Waals surface area (Å²) in [7, 11) is 1.66. The Balaban J connectivity index is 1.60. The van der Waals surface area contributed by atoms with Crippen molar-refractivity contribution in [3.8, 4) is 5.75 Å². The normalized spacial score (nSPS) is 15.4. The van der Waals surface area contributed by atoms with Crippen molar-refractivity contribution < 1.29 is 9.66 Å². The second-order valence-corrected chi connectivity index (χ2v) is 6.90. The molecule has 0 bridgehead atoms. The maximum Gasteiger partial charge on any atom is 0.274 e. The van der Waals surface area contributed by atoms with Crippen molar-refractivity contribution in [2.45, 2.75) is 45.1 Å². The Morgan fingerprint density at radius 2 is 2.07 bits per heavy atom. The molecule has 0 radical (unpaired) electrons. The number of likely N-dealkylation sites (tertiary alicyclic amines) is 1. The van der Waals surface area contributed by atoms with Crippen LogP contribution in [0.1, 0.15) is 44.1 Å². The molecule has 1 aromatic carbocycles. The first kappa shape index (κ1) is 21.0. The van der Waals surface area contributed by atoms with Gasteiger partial charge in [0.1, 0.15) is 5.75 Å². The van der Waals surface area contributed by atoms with Crippen LogP contribution in [0.15, 0.2) is 36.3 Å². The average molecular weight is 377 g/mol. The Morgan fingerprint density at radius 1 is 1.26 bits per heavy atom. The molecule has 27 heavy (non-hydrogen) atoms. The molecule has 0 spiro atoms. The van der Waals surface area contributed by atoms with Crippen molar-refractivity contribution in [3.63, 3.8) is 0 Å². The molecule has 1 aliphatic rings. The lowest BCUT2D eigenvalue weighted by atomic mass is 10.1. The highest BCUT2D eigenvalue weighted by Gasteiger charge is 2.10. The first-order valence-corrected chi connectivity index (χ1v) is 9.88. The standard InChI is InChI=1S/C20H32N4O3/c1-21-20(17-24(25)26)22-11-4-2-7-14-27-19-10-8-9-18(15-19)16-23-12-5-3-6-13-23/h8-10,15,17,21-22H,2-7,11-14,16H2,1H3. The molecule has 2 rings (SSSR count). The lowest BCUT2D eigenvalue weighted by Crippen LogP contribution is -2.29. The fraction of sp³-hybridized carbons (Fsp3) is 0.600. The van der Waals surface area contributed by atoms with Crippen molar-refractivity contribution in [1.82, 2.24) is 15.5 Å². The van der Waals surface area contributed by atoms with E-state index in [1.54, 1.807) is 7.05 Å². The van der Waals surface area contributed by atoms with Gasteiger partial charge in [0.05, 0.1) is 11.5 Å². The number of ether oxygens (including phenoxy) is 1. The Hall–Kier alpha value is -2.28. The van der Waals surface area contributed by atoms with E-state index in [2.05, 4.69) is 33.7 Å². The molecule has 0 aliphatic carbocycles. The van der Waals surface area contributed by atoms with E-state index < -0.39 is 4.92 Å². The predicted octanol–water partition coefficient (Wildman–Crippen LogP) is 3.11. The molecular weight excluding hydrogens is 344 g/mol. The summed E-state index contributed by atoms with van der Waals surface area (Å²) in [6.07, 6.45) is 7.83. The Morgan fingerprint density at radius 3 is 2.81 bits per heavy atom. The fourth-order valence-electron chi connectivity index (χ4n) is 3.23. The second-order valence-electron chi connectivity index (χ2n) is 6.90. The van der Waals surface area contributed by atoms with Crippen LogP contribution in [0.2, 0.25) is 0 Å². The fourth-order valence-corrected chi connectivity index (χ4v) is 3.23. The topological polar surface area (TPSA) is 79.7 Å². The number of piperidine rings is 1.